The summed E-state index contributed by atoms with van der Waals surface area (Å²) in [7, 11) is 0. The molecule has 0 saturated carbocycles. The summed E-state index contributed by atoms with van der Waals surface area (Å²) in [5, 5.41) is 2.80. The Hall–Kier alpha value is -2.42. The number of carbonyl (C=O) groups is 1. The number of hydrogen-bond acceptors (Lipinski definition) is 1. The van der Waals surface area contributed by atoms with Crippen LogP contribution in [0, 0.1) is 12.7 Å². The van der Waals surface area contributed by atoms with Gasteiger partial charge < -0.3 is 5.32 Å². The number of hydrogen-bond donors (Lipinski definition) is 1. The Bertz CT molecular complexity index is 704. The summed E-state index contributed by atoms with van der Waals surface area (Å²) >= 11 is 0. The molecule has 1 aliphatic heterocycles. The van der Waals surface area contributed by atoms with Crippen molar-refractivity contribution in [3.05, 3.63) is 65.0 Å². The third-order valence-electron chi connectivity index (χ3n) is 3.25. The van der Waals surface area contributed by atoms with Crippen molar-refractivity contribution in [2.75, 3.05) is 5.32 Å². The van der Waals surface area contributed by atoms with E-state index in [-0.39, 0.29) is 11.7 Å². The first kappa shape index (κ1) is 11.7. The van der Waals surface area contributed by atoms with Gasteiger partial charge in [0.1, 0.15) is 5.82 Å². The fourth-order valence-corrected chi connectivity index (χ4v) is 2.20. The maximum Gasteiger partial charge on any atom is 0.256 e. The topological polar surface area (TPSA) is 29.1 Å². The zero-order valence-electron chi connectivity index (χ0n) is 10.4. The Morgan fingerprint density at radius 3 is 2.79 bits per heavy atom. The molecule has 19 heavy (non-hydrogen) atoms. The first-order chi connectivity index (χ1) is 9.15. The predicted molar refractivity (Wildman–Crippen MR) is 74.1 cm³/mol. The SMILES string of the molecule is Cc1ccc(F)cc1C=C1C(=O)Nc2ccccc21. The molecule has 0 saturated heterocycles. The van der Waals surface area contributed by atoms with Crippen LogP contribution in [-0.4, -0.2) is 5.91 Å². The van der Waals surface area contributed by atoms with Crippen LogP contribution in [0.3, 0.4) is 0 Å². The van der Waals surface area contributed by atoms with Gasteiger partial charge >= 0.3 is 0 Å². The van der Waals surface area contributed by atoms with E-state index in [1.807, 2.05) is 31.2 Å². The average Bonchev–Trinajstić information content (AvgIpc) is 2.71. The predicted octanol–water partition coefficient (Wildman–Crippen LogP) is 3.63. The third-order valence-corrected chi connectivity index (χ3v) is 3.25. The monoisotopic (exact) mass is 253 g/mol. The number of halogens is 1. The summed E-state index contributed by atoms with van der Waals surface area (Å²) in [5.41, 5.74) is 3.89. The molecular weight excluding hydrogens is 241 g/mol. The Morgan fingerprint density at radius 1 is 1.16 bits per heavy atom. The summed E-state index contributed by atoms with van der Waals surface area (Å²) in [4.78, 5) is 12.0. The Kier molecular flexibility index (Phi) is 2.67. The molecule has 0 bridgehead atoms. The fourth-order valence-electron chi connectivity index (χ4n) is 2.20. The molecule has 94 valence electrons. The van der Waals surface area contributed by atoms with Crippen LogP contribution in [-0.2, 0) is 4.79 Å². The average molecular weight is 253 g/mol. The van der Waals surface area contributed by atoms with Crippen molar-refractivity contribution in [1.29, 1.82) is 0 Å². The molecule has 1 heterocycles. The van der Waals surface area contributed by atoms with E-state index in [2.05, 4.69) is 5.32 Å². The second-order valence-corrected chi connectivity index (χ2v) is 4.56. The van der Waals surface area contributed by atoms with Gasteiger partial charge in [0.25, 0.3) is 5.91 Å². The van der Waals surface area contributed by atoms with E-state index in [0.717, 1.165) is 22.4 Å². The lowest BCUT2D eigenvalue weighted by Crippen LogP contribution is -2.03. The first-order valence-corrected chi connectivity index (χ1v) is 6.04. The van der Waals surface area contributed by atoms with Crippen LogP contribution < -0.4 is 5.32 Å². The minimum absolute atomic E-state index is 0.148. The Balaban J connectivity index is 2.14. The van der Waals surface area contributed by atoms with Gasteiger partial charge in [0.05, 0.1) is 0 Å². The number of amides is 1. The first-order valence-electron chi connectivity index (χ1n) is 6.04. The second-order valence-electron chi connectivity index (χ2n) is 4.56. The van der Waals surface area contributed by atoms with Gasteiger partial charge in [-0.15, -0.1) is 0 Å². The second kappa shape index (κ2) is 4.35. The molecule has 2 nitrogen and oxygen atoms in total. The van der Waals surface area contributed by atoms with Crippen LogP contribution in [0.1, 0.15) is 16.7 Å². The van der Waals surface area contributed by atoms with Crippen LogP contribution in [0.15, 0.2) is 42.5 Å². The number of carbonyl (C=O) groups excluding carboxylic acids is 1. The molecule has 0 atom stereocenters. The minimum Gasteiger partial charge on any atom is -0.321 e. The molecule has 0 radical (unpaired) electrons. The van der Waals surface area contributed by atoms with Gasteiger partial charge in [0.2, 0.25) is 0 Å². The van der Waals surface area contributed by atoms with E-state index in [9.17, 15) is 9.18 Å². The van der Waals surface area contributed by atoms with Crippen molar-refractivity contribution >= 4 is 23.2 Å². The summed E-state index contributed by atoms with van der Waals surface area (Å²) in [6.07, 6.45) is 1.74. The van der Waals surface area contributed by atoms with E-state index < -0.39 is 0 Å². The van der Waals surface area contributed by atoms with Crippen LogP contribution in [0.2, 0.25) is 0 Å². The van der Waals surface area contributed by atoms with Crippen molar-refractivity contribution in [2.24, 2.45) is 0 Å². The summed E-state index contributed by atoms with van der Waals surface area (Å²) in [5.74, 6) is -0.450. The highest BCUT2D eigenvalue weighted by Crippen LogP contribution is 2.33. The fraction of sp³-hybridized carbons (Fsp3) is 0.0625. The molecule has 1 N–H and O–H groups in total. The van der Waals surface area contributed by atoms with Gasteiger partial charge in [0.15, 0.2) is 0 Å². The molecule has 2 aromatic carbocycles. The number of fused-ring (bicyclic) bond motifs is 1. The van der Waals surface area contributed by atoms with E-state index >= 15 is 0 Å². The zero-order chi connectivity index (χ0) is 13.4. The molecule has 1 amide bonds. The van der Waals surface area contributed by atoms with E-state index in [4.69, 9.17) is 0 Å². The van der Waals surface area contributed by atoms with Gasteiger partial charge in [-0.25, -0.2) is 4.39 Å². The van der Waals surface area contributed by atoms with E-state index in [0.29, 0.717) is 5.57 Å². The lowest BCUT2D eigenvalue weighted by molar-refractivity contribution is -0.110. The Labute approximate surface area is 110 Å². The van der Waals surface area contributed by atoms with Gasteiger partial charge in [-0.2, -0.15) is 0 Å². The van der Waals surface area contributed by atoms with Crippen LogP contribution in [0.25, 0.3) is 11.6 Å². The number of nitrogens with one attached hydrogen (secondary N) is 1. The molecule has 3 rings (SSSR count). The van der Waals surface area contributed by atoms with E-state index in [1.165, 1.54) is 12.1 Å². The lowest BCUT2D eigenvalue weighted by Gasteiger charge is -2.02. The van der Waals surface area contributed by atoms with Crippen molar-refractivity contribution < 1.29 is 9.18 Å². The van der Waals surface area contributed by atoms with Crippen molar-refractivity contribution in [1.82, 2.24) is 0 Å². The standard InChI is InChI=1S/C16H12FNO/c1-10-6-7-12(17)8-11(10)9-14-13-4-2-3-5-15(13)18-16(14)19/h2-9H,1H3,(H,18,19). The van der Waals surface area contributed by atoms with Gasteiger partial charge in [0, 0.05) is 16.8 Å². The van der Waals surface area contributed by atoms with Gasteiger partial charge in [-0.05, 0) is 42.3 Å². The van der Waals surface area contributed by atoms with Crippen molar-refractivity contribution in [3.8, 4) is 0 Å². The summed E-state index contributed by atoms with van der Waals surface area (Å²) in [6.45, 7) is 1.89. The molecule has 3 heteroatoms. The highest BCUT2D eigenvalue weighted by atomic mass is 19.1. The molecule has 0 aromatic heterocycles. The third kappa shape index (κ3) is 2.03. The smallest absolute Gasteiger partial charge is 0.256 e. The van der Waals surface area contributed by atoms with E-state index in [1.54, 1.807) is 12.1 Å². The van der Waals surface area contributed by atoms with Gasteiger partial charge in [-0.3, -0.25) is 4.79 Å². The highest BCUT2D eigenvalue weighted by Gasteiger charge is 2.23. The molecule has 0 aliphatic carbocycles. The van der Waals surface area contributed by atoms with Crippen LogP contribution >= 0.6 is 0 Å². The highest BCUT2D eigenvalue weighted by molar-refractivity contribution is 6.34. The quantitative estimate of drug-likeness (QED) is 0.772. The molecule has 0 unspecified atom stereocenters. The summed E-state index contributed by atoms with van der Waals surface area (Å²) in [6, 6.07) is 12.1. The molecule has 1 aliphatic rings. The lowest BCUT2D eigenvalue weighted by atomic mass is 10.0. The van der Waals surface area contributed by atoms with Crippen LogP contribution in [0.4, 0.5) is 10.1 Å². The largest absolute Gasteiger partial charge is 0.321 e. The number of aryl methyl sites for hydroxylation is 1. The molecule has 0 spiro atoms. The number of rotatable bonds is 1. The van der Waals surface area contributed by atoms with Crippen LogP contribution in [0.5, 0.6) is 0 Å². The number of anilines is 1. The summed E-state index contributed by atoms with van der Waals surface area (Å²) < 4.78 is 13.3. The Morgan fingerprint density at radius 2 is 1.95 bits per heavy atom. The molecular formula is C16H12FNO. The number of benzene rings is 2. The van der Waals surface area contributed by atoms with Crippen molar-refractivity contribution in [2.45, 2.75) is 6.92 Å². The minimum atomic E-state index is -0.302. The zero-order valence-corrected chi connectivity index (χ0v) is 10.4. The number of para-hydroxylation sites is 1. The normalized spacial score (nSPS) is 15.5. The van der Waals surface area contributed by atoms with Gasteiger partial charge in [-0.1, -0.05) is 24.3 Å². The molecule has 2 aromatic rings. The molecule has 0 fully saturated rings. The maximum absolute atomic E-state index is 13.3. The maximum atomic E-state index is 13.3. The van der Waals surface area contributed by atoms with Crippen molar-refractivity contribution in [3.63, 3.8) is 0 Å².